The molecular formula is C69H133NO5. The first-order chi connectivity index (χ1) is 37.0. The van der Waals surface area contributed by atoms with Gasteiger partial charge in [0.2, 0.25) is 5.91 Å². The Kier molecular flexibility index (Phi) is 63.4. The quantitative estimate of drug-likeness (QED) is 0.0320. The normalized spacial score (nSPS) is 12.6. The number of hydrogen-bond donors (Lipinski definition) is 3. The van der Waals surface area contributed by atoms with Gasteiger partial charge >= 0.3 is 5.97 Å². The fourth-order valence-electron chi connectivity index (χ4n) is 10.7. The molecule has 0 radical (unpaired) electrons. The number of aliphatic hydroxyl groups is 2. The third kappa shape index (κ3) is 61.4. The molecule has 2 atom stereocenters. The van der Waals surface area contributed by atoms with Gasteiger partial charge in [-0.3, -0.25) is 9.59 Å². The van der Waals surface area contributed by atoms with Crippen molar-refractivity contribution in [1.29, 1.82) is 0 Å². The molecule has 6 nitrogen and oxygen atoms in total. The van der Waals surface area contributed by atoms with Gasteiger partial charge in [-0.2, -0.15) is 0 Å². The summed E-state index contributed by atoms with van der Waals surface area (Å²) in [5, 5.41) is 23.3. The van der Waals surface area contributed by atoms with Gasteiger partial charge in [0.15, 0.2) is 0 Å². The SMILES string of the molecule is CCCCCCCC/C=C\CCCCCCCCCC(=O)OCCCCCCCCCCCCCC/C=C\CCCCCCCCCCC(=O)NC(CO)C(O)CCCCCCCCCCCCCCCCCCC. The van der Waals surface area contributed by atoms with Gasteiger partial charge in [-0.1, -0.05) is 314 Å². The molecule has 0 saturated carbocycles. The zero-order valence-electron chi connectivity index (χ0n) is 50.8. The number of aliphatic hydroxyl groups excluding tert-OH is 2. The first-order valence-corrected chi connectivity index (χ1v) is 34.1. The summed E-state index contributed by atoms with van der Waals surface area (Å²) in [5.41, 5.74) is 0. The zero-order valence-corrected chi connectivity index (χ0v) is 50.8. The topological polar surface area (TPSA) is 95.9 Å². The largest absolute Gasteiger partial charge is 0.466 e. The molecule has 444 valence electrons. The highest BCUT2D eigenvalue weighted by atomic mass is 16.5. The van der Waals surface area contributed by atoms with Gasteiger partial charge in [0.05, 0.1) is 25.4 Å². The molecule has 0 rings (SSSR count). The van der Waals surface area contributed by atoms with E-state index in [1.807, 2.05) is 0 Å². The van der Waals surface area contributed by atoms with Gasteiger partial charge in [0.1, 0.15) is 0 Å². The van der Waals surface area contributed by atoms with Crippen LogP contribution in [0, 0.1) is 0 Å². The first kappa shape index (κ1) is 73.3. The molecule has 0 aromatic rings. The number of allylic oxidation sites excluding steroid dienone is 4. The second-order valence-corrected chi connectivity index (χ2v) is 23.5. The third-order valence-electron chi connectivity index (χ3n) is 16.0. The summed E-state index contributed by atoms with van der Waals surface area (Å²) in [5.74, 6) is -0.0265. The van der Waals surface area contributed by atoms with Crippen LogP contribution < -0.4 is 5.32 Å². The van der Waals surface area contributed by atoms with Crippen LogP contribution >= 0.6 is 0 Å². The minimum absolute atomic E-state index is 0.00993. The van der Waals surface area contributed by atoms with Crippen molar-refractivity contribution in [2.75, 3.05) is 13.2 Å². The lowest BCUT2D eigenvalue weighted by molar-refractivity contribution is -0.143. The highest BCUT2D eigenvalue weighted by Crippen LogP contribution is 2.18. The van der Waals surface area contributed by atoms with Crippen molar-refractivity contribution in [3.63, 3.8) is 0 Å². The molecule has 0 aliphatic carbocycles. The molecule has 3 N–H and O–H groups in total. The van der Waals surface area contributed by atoms with Crippen molar-refractivity contribution in [1.82, 2.24) is 5.32 Å². The summed E-state index contributed by atoms with van der Waals surface area (Å²) in [6.07, 6.45) is 80.6. The number of hydrogen-bond acceptors (Lipinski definition) is 5. The van der Waals surface area contributed by atoms with Gasteiger partial charge in [-0.25, -0.2) is 0 Å². The van der Waals surface area contributed by atoms with Crippen LogP contribution in [0.25, 0.3) is 0 Å². The van der Waals surface area contributed by atoms with Crippen molar-refractivity contribution in [3.8, 4) is 0 Å². The lowest BCUT2D eigenvalue weighted by atomic mass is 10.0. The Morgan fingerprint density at radius 3 is 0.947 bits per heavy atom. The number of nitrogens with one attached hydrogen (secondary N) is 1. The average Bonchev–Trinajstić information content (AvgIpc) is 3.41. The van der Waals surface area contributed by atoms with Crippen LogP contribution in [0.4, 0.5) is 0 Å². The summed E-state index contributed by atoms with van der Waals surface area (Å²) in [6.45, 7) is 4.98. The molecule has 0 spiro atoms. The van der Waals surface area contributed by atoms with Gasteiger partial charge < -0.3 is 20.3 Å². The Morgan fingerprint density at radius 1 is 0.360 bits per heavy atom. The second-order valence-electron chi connectivity index (χ2n) is 23.5. The zero-order chi connectivity index (χ0) is 54.3. The van der Waals surface area contributed by atoms with Crippen LogP contribution in [-0.2, 0) is 14.3 Å². The van der Waals surface area contributed by atoms with E-state index in [0.717, 1.165) is 44.9 Å². The Hall–Kier alpha value is -1.66. The summed E-state index contributed by atoms with van der Waals surface area (Å²) < 4.78 is 5.50. The maximum atomic E-state index is 12.5. The molecule has 0 bridgehead atoms. The minimum Gasteiger partial charge on any atom is -0.466 e. The molecule has 0 fully saturated rings. The van der Waals surface area contributed by atoms with Crippen molar-refractivity contribution >= 4 is 11.9 Å². The summed E-state index contributed by atoms with van der Waals surface area (Å²) in [7, 11) is 0. The van der Waals surface area contributed by atoms with Crippen LogP contribution in [0.2, 0.25) is 0 Å². The van der Waals surface area contributed by atoms with E-state index < -0.39 is 12.1 Å². The maximum absolute atomic E-state index is 12.5. The van der Waals surface area contributed by atoms with Crippen LogP contribution in [0.15, 0.2) is 24.3 Å². The molecule has 0 saturated heterocycles. The molecular weight excluding hydrogens is 923 g/mol. The van der Waals surface area contributed by atoms with E-state index in [1.165, 1.54) is 302 Å². The van der Waals surface area contributed by atoms with E-state index in [-0.39, 0.29) is 18.5 Å². The van der Waals surface area contributed by atoms with E-state index in [1.54, 1.807) is 0 Å². The van der Waals surface area contributed by atoms with Gasteiger partial charge in [0, 0.05) is 12.8 Å². The van der Waals surface area contributed by atoms with Crippen LogP contribution in [0.1, 0.15) is 380 Å². The molecule has 0 aliphatic heterocycles. The van der Waals surface area contributed by atoms with Crippen molar-refractivity contribution in [2.24, 2.45) is 0 Å². The van der Waals surface area contributed by atoms with Crippen LogP contribution in [0.5, 0.6) is 0 Å². The molecule has 1 amide bonds. The van der Waals surface area contributed by atoms with Crippen LogP contribution in [-0.4, -0.2) is 47.4 Å². The van der Waals surface area contributed by atoms with Crippen molar-refractivity contribution < 1.29 is 24.5 Å². The smallest absolute Gasteiger partial charge is 0.305 e. The summed E-state index contributed by atoms with van der Waals surface area (Å²) in [4.78, 5) is 24.6. The Morgan fingerprint density at radius 2 is 0.627 bits per heavy atom. The summed E-state index contributed by atoms with van der Waals surface area (Å²) in [6, 6.07) is -0.545. The molecule has 2 unspecified atom stereocenters. The number of esters is 1. The van der Waals surface area contributed by atoms with Gasteiger partial charge in [-0.15, -0.1) is 0 Å². The average molecular weight is 1060 g/mol. The molecule has 6 heteroatoms. The molecule has 0 aromatic heterocycles. The molecule has 0 aromatic carbocycles. The lowest BCUT2D eigenvalue weighted by Gasteiger charge is -2.22. The number of carbonyl (C=O) groups excluding carboxylic acids is 2. The third-order valence-corrected chi connectivity index (χ3v) is 16.0. The van der Waals surface area contributed by atoms with E-state index >= 15 is 0 Å². The number of unbranched alkanes of at least 4 members (excludes halogenated alkanes) is 49. The second kappa shape index (κ2) is 64.9. The van der Waals surface area contributed by atoms with E-state index in [2.05, 4.69) is 43.5 Å². The van der Waals surface area contributed by atoms with E-state index in [4.69, 9.17) is 4.74 Å². The molecule has 0 heterocycles. The monoisotopic (exact) mass is 1060 g/mol. The fourth-order valence-corrected chi connectivity index (χ4v) is 10.7. The minimum atomic E-state index is -0.667. The van der Waals surface area contributed by atoms with Crippen molar-refractivity contribution in [2.45, 2.75) is 392 Å². The number of ether oxygens (including phenoxy) is 1. The Bertz CT molecular complexity index is 1170. The maximum Gasteiger partial charge on any atom is 0.305 e. The van der Waals surface area contributed by atoms with Crippen LogP contribution in [0.3, 0.4) is 0 Å². The molecule has 0 aliphatic rings. The summed E-state index contributed by atoms with van der Waals surface area (Å²) >= 11 is 0. The predicted molar refractivity (Wildman–Crippen MR) is 329 cm³/mol. The highest BCUT2D eigenvalue weighted by Gasteiger charge is 2.20. The first-order valence-electron chi connectivity index (χ1n) is 34.1. The Labute approximate surface area is 469 Å². The van der Waals surface area contributed by atoms with E-state index in [9.17, 15) is 19.8 Å². The number of rotatable bonds is 64. The fraction of sp³-hybridized carbons (Fsp3) is 0.913. The van der Waals surface area contributed by atoms with Gasteiger partial charge in [-0.05, 0) is 77.0 Å². The van der Waals surface area contributed by atoms with Crippen molar-refractivity contribution in [3.05, 3.63) is 24.3 Å². The predicted octanol–water partition coefficient (Wildman–Crippen LogP) is 21.8. The number of amides is 1. The standard InChI is InChI=1S/C69H133NO5/c1-3-5-7-9-11-13-15-17-19-29-33-37-41-45-49-53-57-61-67(72)66(65-71)70-68(73)62-58-54-50-46-42-38-34-31-27-25-23-21-22-24-26-28-32-36-40-44-48-52-56-60-64-75-69(74)63-59-55-51-47-43-39-35-30-20-18-16-14-12-10-8-6-4-2/h18,20,23,25,66-67,71-72H,3-17,19,21-22,24,26-65H2,1-2H3,(H,70,73)/b20-18-,25-23-. The van der Waals surface area contributed by atoms with Gasteiger partial charge in [0.25, 0.3) is 0 Å². The number of carbonyl (C=O) groups is 2. The van der Waals surface area contributed by atoms with E-state index in [0.29, 0.717) is 25.9 Å². The molecule has 75 heavy (non-hydrogen) atoms. The highest BCUT2D eigenvalue weighted by molar-refractivity contribution is 5.76. The lowest BCUT2D eigenvalue weighted by Crippen LogP contribution is -2.45. The Balaban J connectivity index is 3.39.